The molecule has 4 rings (SSSR count). The summed E-state index contributed by atoms with van der Waals surface area (Å²) < 4.78 is 1.94. The Morgan fingerprint density at radius 1 is 1.08 bits per heavy atom. The largest absolute Gasteiger partial charge is 0.345 e. The molecule has 2 aromatic carbocycles. The lowest BCUT2D eigenvalue weighted by Gasteiger charge is -2.12. The van der Waals surface area contributed by atoms with E-state index in [2.05, 4.69) is 46.6 Å². The van der Waals surface area contributed by atoms with Gasteiger partial charge in [-0.1, -0.05) is 48.0 Å². The number of fused-ring (bicyclic) bond motifs is 1. The van der Waals surface area contributed by atoms with Crippen LogP contribution >= 0.6 is 0 Å². The van der Waals surface area contributed by atoms with Gasteiger partial charge in [-0.15, -0.1) is 0 Å². The van der Waals surface area contributed by atoms with E-state index >= 15 is 0 Å². The maximum atomic E-state index is 12.1. The fourth-order valence-electron chi connectivity index (χ4n) is 3.31. The molecule has 1 aliphatic rings. The van der Waals surface area contributed by atoms with Crippen molar-refractivity contribution in [3.63, 3.8) is 0 Å². The zero-order valence-electron chi connectivity index (χ0n) is 14.4. The van der Waals surface area contributed by atoms with Gasteiger partial charge in [-0.25, -0.2) is 9.67 Å². The predicted octanol–water partition coefficient (Wildman–Crippen LogP) is 2.97. The Labute approximate surface area is 146 Å². The lowest BCUT2D eigenvalue weighted by atomic mass is 10.0. The van der Waals surface area contributed by atoms with Crippen molar-refractivity contribution < 1.29 is 4.79 Å². The maximum absolute atomic E-state index is 12.1. The minimum absolute atomic E-state index is 0.0121. The van der Waals surface area contributed by atoms with Crippen LogP contribution in [-0.2, 0) is 13.0 Å². The van der Waals surface area contributed by atoms with E-state index in [0.29, 0.717) is 13.0 Å². The van der Waals surface area contributed by atoms with Gasteiger partial charge >= 0.3 is 0 Å². The molecule has 5 nitrogen and oxygen atoms in total. The number of nitrogens with zero attached hydrogens (tertiary/aromatic N) is 3. The standard InChI is InChI=1S/C20H20N4O/c1-13-7-9-15(10-8-13)12-24-19(21-14(2)23-24)11-18-16-5-3-4-6-17(16)20(25)22-18/h3-10,18H,11-12H2,1-2H3,(H,22,25). The lowest BCUT2D eigenvalue weighted by molar-refractivity contribution is 0.0956. The number of benzene rings is 2. The Bertz CT molecular complexity index is 927. The highest BCUT2D eigenvalue weighted by Crippen LogP contribution is 2.27. The average molecular weight is 332 g/mol. The quantitative estimate of drug-likeness (QED) is 0.799. The summed E-state index contributed by atoms with van der Waals surface area (Å²) in [5.74, 6) is 1.63. The molecule has 126 valence electrons. The molecule has 0 saturated heterocycles. The van der Waals surface area contributed by atoms with E-state index in [1.54, 1.807) is 0 Å². The molecule has 25 heavy (non-hydrogen) atoms. The molecule has 1 atom stereocenters. The van der Waals surface area contributed by atoms with Crippen LogP contribution in [0.1, 0.15) is 44.7 Å². The first-order valence-corrected chi connectivity index (χ1v) is 8.46. The van der Waals surface area contributed by atoms with E-state index in [-0.39, 0.29) is 11.9 Å². The van der Waals surface area contributed by atoms with E-state index in [1.807, 2.05) is 35.9 Å². The highest BCUT2D eigenvalue weighted by molar-refractivity contribution is 5.99. The Morgan fingerprint density at radius 3 is 2.64 bits per heavy atom. The number of aryl methyl sites for hydroxylation is 2. The molecule has 0 bridgehead atoms. The van der Waals surface area contributed by atoms with Crippen molar-refractivity contribution in [1.82, 2.24) is 20.1 Å². The van der Waals surface area contributed by atoms with E-state index in [1.165, 1.54) is 11.1 Å². The predicted molar refractivity (Wildman–Crippen MR) is 95.4 cm³/mol. The molecule has 5 heteroatoms. The molecule has 3 aromatic rings. The molecule has 0 aliphatic carbocycles. The van der Waals surface area contributed by atoms with Crippen LogP contribution in [0.5, 0.6) is 0 Å². The van der Waals surface area contributed by atoms with E-state index in [0.717, 1.165) is 22.8 Å². The Balaban J connectivity index is 1.60. The molecule has 1 amide bonds. The van der Waals surface area contributed by atoms with Gasteiger partial charge < -0.3 is 5.32 Å². The highest BCUT2D eigenvalue weighted by atomic mass is 16.2. The zero-order chi connectivity index (χ0) is 17.4. The summed E-state index contributed by atoms with van der Waals surface area (Å²) >= 11 is 0. The molecule has 1 N–H and O–H groups in total. The van der Waals surface area contributed by atoms with Crippen LogP contribution in [0.4, 0.5) is 0 Å². The van der Waals surface area contributed by atoms with Crippen molar-refractivity contribution >= 4 is 5.91 Å². The van der Waals surface area contributed by atoms with Crippen LogP contribution in [0.25, 0.3) is 0 Å². The molecule has 0 saturated carbocycles. The fraction of sp³-hybridized carbons (Fsp3) is 0.250. The SMILES string of the molecule is Cc1ccc(Cn2nc(C)nc2CC2NC(=O)c3ccccc32)cc1. The number of hydrogen-bond acceptors (Lipinski definition) is 3. The van der Waals surface area contributed by atoms with Crippen molar-refractivity contribution in [2.75, 3.05) is 0 Å². The van der Waals surface area contributed by atoms with Crippen LogP contribution in [0.2, 0.25) is 0 Å². The first-order valence-electron chi connectivity index (χ1n) is 8.46. The van der Waals surface area contributed by atoms with Gasteiger partial charge in [-0.3, -0.25) is 4.79 Å². The summed E-state index contributed by atoms with van der Waals surface area (Å²) in [6.07, 6.45) is 0.634. The van der Waals surface area contributed by atoms with Gasteiger partial charge in [0.2, 0.25) is 0 Å². The molecule has 2 heterocycles. The Morgan fingerprint density at radius 2 is 1.84 bits per heavy atom. The normalized spacial score (nSPS) is 15.9. The number of carbonyl (C=O) groups excluding carboxylic acids is 1. The van der Waals surface area contributed by atoms with Crippen molar-refractivity contribution in [3.8, 4) is 0 Å². The van der Waals surface area contributed by atoms with Crippen molar-refractivity contribution in [1.29, 1.82) is 0 Å². The number of carbonyl (C=O) groups is 1. The Hall–Kier alpha value is -2.95. The zero-order valence-corrected chi connectivity index (χ0v) is 14.4. The van der Waals surface area contributed by atoms with Crippen LogP contribution < -0.4 is 5.32 Å². The lowest BCUT2D eigenvalue weighted by Crippen LogP contribution is -2.22. The van der Waals surface area contributed by atoms with Crippen LogP contribution in [-0.4, -0.2) is 20.7 Å². The average Bonchev–Trinajstić information content (AvgIpc) is 3.10. The van der Waals surface area contributed by atoms with E-state index in [4.69, 9.17) is 0 Å². The summed E-state index contributed by atoms with van der Waals surface area (Å²) in [6.45, 7) is 4.66. The Kier molecular flexibility index (Phi) is 3.84. The molecule has 0 fully saturated rings. The topological polar surface area (TPSA) is 59.8 Å². The summed E-state index contributed by atoms with van der Waals surface area (Å²) in [5, 5.41) is 7.59. The third-order valence-corrected chi connectivity index (χ3v) is 4.58. The van der Waals surface area contributed by atoms with Crippen molar-refractivity contribution in [3.05, 3.63) is 82.4 Å². The summed E-state index contributed by atoms with van der Waals surface area (Å²) in [5.41, 5.74) is 4.22. The summed E-state index contributed by atoms with van der Waals surface area (Å²) in [7, 11) is 0. The summed E-state index contributed by atoms with van der Waals surface area (Å²) in [6, 6.07) is 16.1. The third kappa shape index (κ3) is 3.05. The third-order valence-electron chi connectivity index (χ3n) is 4.58. The van der Waals surface area contributed by atoms with Gasteiger partial charge in [0.05, 0.1) is 12.6 Å². The minimum atomic E-state index is -0.0518. The second kappa shape index (κ2) is 6.16. The van der Waals surface area contributed by atoms with Gasteiger partial charge in [0, 0.05) is 12.0 Å². The molecular weight excluding hydrogens is 312 g/mol. The molecule has 1 aromatic heterocycles. The smallest absolute Gasteiger partial charge is 0.252 e. The van der Waals surface area contributed by atoms with Crippen molar-refractivity contribution in [2.45, 2.75) is 32.9 Å². The first-order chi connectivity index (χ1) is 12.1. The first kappa shape index (κ1) is 15.6. The van der Waals surface area contributed by atoms with Crippen molar-refractivity contribution in [2.24, 2.45) is 0 Å². The molecular formula is C20H20N4O. The second-order valence-electron chi connectivity index (χ2n) is 6.54. The molecule has 1 unspecified atom stereocenters. The fourth-order valence-corrected chi connectivity index (χ4v) is 3.31. The van der Waals surface area contributed by atoms with Gasteiger partial charge in [0.25, 0.3) is 5.91 Å². The van der Waals surface area contributed by atoms with Gasteiger partial charge in [-0.05, 0) is 31.0 Å². The number of nitrogens with one attached hydrogen (secondary N) is 1. The van der Waals surface area contributed by atoms with Crippen LogP contribution in [0, 0.1) is 13.8 Å². The van der Waals surface area contributed by atoms with E-state index in [9.17, 15) is 4.79 Å². The minimum Gasteiger partial charge on any atom is -0.345 e. The van der Waals surface area contributed by atoms with Gasteiger partial charge in [-0.2, -0.15) is 5.10 Å². The highest BCUT2D eigenvalue weighted by Gasteiger charge is 2.29. The molecule has 0 radical (unpaired) electrons. The number of hydrogen-bond donors (Lipinski definition) is 1. The second-order valence-corrected chi connectivity index (χ2v) is 6.54. The molecule has 1 aliphatic heterocycles. The number of aromatic nitrogens is 3. The van der Waals surface area contributed by atoms with Gasteiger partial charge in [0.1, 0.15) is 11.6 Å². The van der Waals surface area contributed by atoms with Crippen LogP contribution in [0.15, 0.2) is 48.5 Å². The number of rotatable bonds is 4. The summed E-state index contributed by atoms with van der Waals surface area (Å²) in [4.78, 5) is 16.7. The van der Waals surface area contributed by atoms with Gasteiger partial charge in [0.15, 0.2) is 0 Å². The van der Waals surface area contributed by atoms with E-state index < -0.39 is 0 Å². The molecule has 0 spiro atoms. The monoisotopic (exact) mass is 332 g/mol. The maximum Gasteiger partial charge on any atom is 0.252 e. The van der Waals surface area contributed by atoms with Crippen LogP contribution in [0.3, 0.4) is 0 Å². The number of amides is 1.